The quantitative estimate of drug-likeness (QED) is 0.877. The molecule has 1 aliphatic heterocycles. The van der Waals surface area contributed by atoms with Gasteiger partial charge in [0, 0.05) is 19.1 Å². The van der Waals surface area contributed by atoms with E-state index in [4.69, 9.17) is 0 Å². The first kappa shape index (κ1) is 13.5. The zero-order chi connectivity index (χ0) is 14.1. The van der Waals surface area contributed by atoms with E-state index in [1.54, 1.807) is 6.33 Å². The molecule has 20 heavy (non-hydrogen) atoms. The Bertz CT molecular complexity index is 480. The van der Waals surface area contributed by atoms with Gasteiger partial charge in [-0.15, -0.1) is 0 Å². The maximum absolute atomic E-state index is 12.3. The number of fused-ring (bicyclic) bond motifs is 1. The van der Waals surface area contributed by atoms with Crippen molar-refractivity contribution in [3.8, 4) is 0 Å². The minimum atomic E-state index is -0.0425. The number of nitrogens with zero attached hydrogens (tertiary/aromatic N) is 4. The van der Waals surface area contributed by atoms with Gasteiger partial charge in [0.1, 0.15) is 12.2 Å². The van der Waals surface area contributed by atoms with Crippen molar-refractivity contribution in [2.75, 3.05) is 13.1 Å². The summed E-state index contributed by atoms with van der Waals surface area (Å²) in [4.78, 5) is 19.0. The zero-order valence-corrected chi connectivity index (χ0v) is 12.2. The second-order valence-corrected chi connectivity index (χ2v) is 6.36. The molecule has 2 aliphatic rings. The van der Waals surface area contributed by atoms with Crippen LogP contribution in [0.15, 0.2) is 6.33 Å². The summed E-state index contributed by atoms with van der Waals surface area (Å²) < 4.78 is 1.89. The number of rotatable bonds is 4. The third kappa shape index (κ3) is 3.17. The molecule has 0 unspecified atom stereocenters. The minimum absolute atomic E-state index is 0.0425. The molecule has 110 valence electrons. The number of carbonyl (C=O) groups is 1. The molecule has 1 saturated carbocycles. The Balaban J connectivity index is 1.74. The molecule has 0 saturated heterocycles. The third-order valence-electron chi connectivity index (χ3n) is 3.95. The van der Waals surface area contributed by atoms with Gasteiger partial charge in [-0.3, -0.25) is 9.69 Å². The lowest BCUT2D eigenvalue weighted by Crippen LogP contribution is -2.42. The molecule has 1 fully saturated rings. The van der Waals surface area contributed by atoms with Gasteiger partial charge in [-0.2, -0.15) is 5.10 Å². The van der Waals surface area contributed by atoms with Crippen LogP contribution in [0, 0.1) is 11.8 Å². The fraction of sp³-hybridized carbons (Fsp3) is 0.786. The average molecular weight is 277 g/mol. The maximum Gasteiger partial charge on any atom is 0.226 e. The molecule has 1 N–H and O–H groups in total. The fourth-order valence-corrected chi connectivity index (χ4v) is 2.78. The molecule has 1 amide bonds. The van der Waals surface area contributed by atoms with E-state index in [0.717, 1.165) is 31.4 Å². The van der Waals surface area contributed by atoms with Gasteiger partial charge in [-0.1, -0.05) is 0 Å². The lowest BCUT2D eigenvalue weighted by atomic mass is 10.1. The summed E-state index contributed by atoms with van der Waals surface area (Å²) in [5.41, 5.74) is 0. The number of hydrogen-bond acceptors (Lipinski definition) is 4. The molecule has 1 aromatic rings. The molecule has 1 atom stereocenters. The summed E-state index contributed by atoms with van der Waals surface area (Å²) in [6.07, 6.45) is 4.24. The second-order valence-electron chi connectivity index (χ2n) is 6.36. The predicted octanol–water partition coefficient (Wildman–Crippen LogP) is 0.644. The largest absolute Gasteiger partial charge is 0.354 e. The van der Waals surface area contributed by atoms with Gasteiger partial charge in [-0.25, -0.2) is 9.67 Å². The molecule has 0 aromatic carbocycles. The molecule has 2 heterocycles. The van der Waals surface area contributed by atoms with Crippen LogP contribution in [0.4, 0.5) is 0 Å². The van der Waals surface area contributed by atoms with Crippen LogP contribution in [0.25, 0.3) is 0 Å². The first-order valence-electron chi connectivity index (χ1n) is 7.51. The van der Waals surface area contributed by atoms with Gasteiger partial charge in [0.2, 0.25) is 5.91 Å². The molecule has 6 nitrogen and oxygen atoms in total. The Morgan fingerprint density at radius 2 is 2.25 bits per heavy atom. The standard InChI is InChI=1S/C14H23N5O/c1-10(2)17-14(20)12-6-18(5-11-3-4-11)8-13-15-9-16-19(13)7-12/h9-12H,3-8H2,1-2H3,(H,17,20)/t12-/m1/s1. The van der Waals surface area contributed by atoms with Crippen LogP contribution in [-0.4, -0.2) is 44.7 Å². The van der Waals surface area contributed by atoms with Crippen molar-refractivity contribution < 1.29 is 4.79 Å². The highest BCUT2D eigenvalue weighted by Crippen LogP contribution is 2.31. The van der Waals surface area contributed by atoms with E-state index in [9.17, 15) is 4.79 Å². The molecular formula is C14H23N5O. The number of nitrogens with one attached hydrogen (secondary N) is 1. The van der Waals surface area contributed by atoms with Gasteiger partial charge in [0.15, 0.2) is 0 Å². The second kappa shape index (κ2) is 5.52. The van der Waals surface area contributed by atoms with Crippen molar-refractivity contribution in [2.24, 2.45) is 11.8 Å². The number of hydrogen-bond donors (Lipinski definition) is 1. The maximum atomic E-state index is 12.3. The Hall–Kier alpha value is -1.43. The van der Waals surface area contributed by atoms with Gasteiger partial charge < -0.3 is 5.32 Å². The minimum Gasteiger partial charge on any atom is -0.354 e. The van der Waals surface area contributed by atoms with E-state index >= 15 is 0 Å². The predicted molar refractivity (Wildman–Crippen MR) is 74.8 cm³/mol. The lowest BCUT2D eigenvalue weighted by Gasteiger charge is -2.23. The Morgan fingerprint density at radius 1 is 1.45 bits per heavy atom. The number of aromatic nitrogens is 3. The van der Waals surface area contributed by atoms with E-state index in [0.29, 0.717) is 6.54 Å². The summed E-state index contributed by atoms with van der Waals surface area (Å²) >= 11 is 0. The van der Waals surface area contributed by atoms with E-state index < -0.39 is 0 Å². The van der Waals surface area contributed by atoms with Gasteiger partial charge in [0.05, 0.1) is 19.0 Å². The van der Waals surface area contributed by atoms with Gasteiger partial charge >= 0.3 is 0 Å². The van der Waals surface area contributed by atoms with E-state index in [-0.39, 0.29) is 17.9 Å². The smallest absolute Gasteiger partial charge is 0.226 e. The Labute approximate surface area is 119 Å². The van der Waals surface area contributed by atoms with Crippen molar-refractivity contribution in [3.63, 3.8) is 0 Å². The first-order chi connectivity index (χ1) is 9.61. The van der Waals surface area contributed by atoms with E-state index in [2.05, 4.69) is 20.3 Å². The SMILES string of the molecule is CC(C)NC(=O)[C@@H]1CN(CC2CC2)Cc2ncnn2C1. The van der Waals surface area contributed by atoms with Crippen LogP contribution in [0.3, 0.4) is 0 Å². The highest BCUT2D eigenvalue weighted by molar-refractivity contribution is 5.79. The number of amides is 1. The summed E-state index contributed by atoms with van der Waals surface area (Å²) in [6, 6.07) is 0.179. The van der Waals surface area contributed by atoms with Crippen LogP contribution in [0.2, 0.25) is 0 Å². The van der Waals surface area contributed by atoms with Crippen LogP contribution < -0.4 is 5.32 Å². The third-order valence-corrected chi connectivity index (χ3v) is 3.95. The first-order valence-corrected chi connectivity index (χ1v) is 7.51. The van der Waals surface area contributed by atoms with Crippen LogP contribution in [0.1, 0.15) is 32.5 Å². The highest BCUT2D eigenvalue weighted by atomic mass is 16.2. The normalized spacial score (nSPS) is 23.4. The Morgan fingerprint density at radius 3 is 2.95 bits per heavy atom. The highest BCUT2D eigenvalue weighted by Gasteiger charge is 2.31. The van der Waals surface area contributed by atoms with Crippen LogP contribution >= 0.6 is 0 Å². The monoisotopic (exact) mass is 277 g/mol. The van der Waals surface area contributed by atoms with Crippen molar-refractivity contribution in [1.82, 2.24) is 25.0 Å². The van der Waals surface area contributed by atoms with Crippen molar-refractivity contribution in [3.05, 3.63) is 12.2 Å². The molecule has 0 bridgehead atoms. The van der Waals surface area contributed by atoms with E-state index in [1.807, 2.05) is 18.5 Å². The van der Waals surface area contributed by atoms with Crippen molar-refractivity contribution >= 4 is 5.91 Å². The molecular weight excluding hydrogens is 254 g/mol. The summed E-state index contributed by atoms with van der Waals surface area (Å²) in [6.45, 7) is 7.32. The summed E-state index contributed by atoms with van der Waals surface area (Å²) in [7, 11) is 0. The Kier molecular flexibility index (Phi) is 3.74. The van der Waals surface area contributed by atoms with Crippen molar-refractivity contribution in [2.45, 2.75) is 45.8 Å². The molecule has 0 radical (unpaired) electrons. The van der Waals surface area contributed by atoms with Crippen LogP contribution in [0.5, 0.6) is 0 Å². The molecule has 1 aliphatic carbocycles. The van der Waals surface area contributed by atoms with E-state index in [1.165, 1.54) is 12.8 Å². The van der Waals surface area contributed by atoms with Gasteiger partial charge in [0.25, 0.3) is 0 Å². The number of carbonyl (C=O) groups excluding carboxylic acids is 1. The van der Waals surface area contributed by atoms with Crippen LogP contribution in [-0.2, 0) is 17.9 Å². The molecule has 0 spiro atoms. The molecule has 3 rings (SSSR count). The average Bonchev–Trinajstić information content (AvgIpc) is 3.11. The summed E-state index contributed by atoms with van der Waals surface area (Å²) in [5.74, 6) is 1.88. The lowest BCUT2D eigenvalue weighted by molar-refractivity contribution is -0.126. The topological polar surface area (TPSA) is 63.1 Å². The molecule has 1 aromatic heterocycles. The fourth-order valence-electron chi connectivity index (χ4n) is 2.78. The summed E-state index contributed by atoms with van der Waals surface area (Å²) in [5, 5.41) is 7.28. The van der Waals surface area contributed by atoms with Crippen molar-refractivity contribution in [1.29, 1.82) is 0 Å². The molecule has 6 heteroatoms. The zero-order valence-electron chi connectivity index (χ0n) is 12.2. The van der Waals surface area contributed by atoms with Gasteiger partial charge in [-0.05, 0) is 32.6 Å².